The third-order valence-corrected chi connectivity index (χ3v) is 16.1. The number of carbonyl (C=O) groups excluding carboxylic acids is 1. The van der Waals surface area contributed by atoms with Gasteiger partial charge in [0.25, 0.3) is 5.91 Å². The molecule has 1 saturated carbocycles. The van der Waals surface area contributed by atoms with E-state index in [9.17, 15) is 13.2 Å². The molecule has 1 N–H and O–H groups in total. The summed E-state index contributed by atoms with van der Waals surface area (Å²) in [6.45, 7) is 11.8. The van der Waals surface area contributed by atoms with Crippen LogP contribution in [0.1, 0.15) is 100 Å². The van der Waals surface area contributed by atoms with E-state index < -0.39 is 21.2 Å². The minimum Gasteiger partial charge on any atom is -0.490 e. The summed E-state index contributed by atoms with van der Waals surface area (Å²) < 4.78 is 49.6. The predicted molar refractivity (Wildman–Crippen MR) is 204 cm³/mol. The molecule has 9 nitrogen and oxygen atoms in total. The van der Waals surface area contributed by atoms with Crippen LogP contribution < -0.4 is 14.4 Å². The molecule has 52 heavy (non-hydrogen) atoms. The van der Waals surface area contributed by atoms with E-state index in [1.54, 1.807) is 13.0 Å². The van der Waals surface area contributed by atoms with Gasteiger partial charge in [0.1, 0.15) is 5.75 Å². The first-order chi connectivity index (χ1) is 24.9. The molecular formula is C41H56ClN3O6S. The molecule has 2 aliphatic carbocycles. The van der Waals surface area contributed by atoms with E-state index in [2.05, 4.69) is 33.6 Å². The molecule has 2 saturated heterocycles. The first-order valence-electron chi connectivity index (χ1n) is 19.8. The van der Waals surface area contributed by atoms with Gasteiger partial charge in [-0.05, 0) is 137 Å². The molecule has 2 bridgehead atoms. The molecule has 6 atom stereocenters. The number of amides is 1. The van der Waals surface area contributed by atoms with Gasteiger partial charge in [0.15, 0.2) is 6.29 Å². The van der Waals surface area contributed by atoms with E-state index in [0.717, 1.165) is 94.0 Å². The predicted octanol–water partition coefficient (Wildman–Crippen LogP) is 6.95. The lowest BCUT2D eigenvalue weighted by molar-refractivity contribution is -0.248. The smallest absolute Gasteiger partial charge is 0.264 e. The second-order valence-corrected chi connectivity index (χ2v) is 19.7. The molecule has 2 aromatic carbocycles. The maximum Gasteiger partial charge on any atom is 0.264 e. The second kappa shape index (κ2) is 14.4. The molecule has 3 fully saturated rings. The average Bonchev–Trinajstić information content (AvgIpc) is 3.62. The molecule has 1 unspecified atom stereocenters. The SMILES string of the molecule is C[C@@H]1[C@@H](C)CCC[C@@H](C2OCC(N3CCCC3)CO2)[C@@H]2CCC2(C)CN2C[C@@]3(CCCc4cc(Cl)ccc43)COc3ccc(cc32)C(=O)NS1(=O)=O. The van der Waals surface area contributed by atoms with Crippen molar-refractivity contribution >= 4 is 33.2 Å². The number of nitrogens with one attached hydrogen (secondary N) is 1. The Morgan fingerprint density at radius 1 is 0.923 bits per heavy atom. The molecule has 4 heterocycles. The summed E-state index contributed by atoms with van der Waals surface area (Å²) in [5.74, 6) is 0.573. The van der Waals surface area contributed by atoms with Gasteiger partial charge in [-0.15, -0.1) is 0 Å². The number of anilines is 1. The summed E-state index contributed by atoms with van der Waals surface area (Å²) in [5.41, 5.74) is 3.45. The summed E-state index contributed by atoms with van der Waals surface area (Å²) in [5, 5.41) is 0.0308. The Balaban J connectivity index is 1.16. The number of rotatable bonds is 2. The zero-order chi connectivity index (χ0) is 36.3. The first-order valence-corrected chi connectivity index (χ1v) is 21.7. The molecule has 8 rings (SSSR count). The maximum absolute atomic E-state index is 13.7. The fraction of sp³-hybridized carbons (Fsp3) is 0.683. The van der Waals surface area contributed by atoms with Gasteiger partial charge in [-0.2, -0.15) is 0 Å². The Hall–Kier alpha value is -2.37. The van der Waals surface area contributed by atoms with Crippen molar-refractivity contribution in [2.24, 2.45) is 23.2 Å². The van der Waals surface area contributed by atoms with Gasteiger partial charge in [-0.25, -0.2) is 13.1 Å². The lowest BCUT2D eigenvalue weighted by Crippen LogP contribution is -2.56. The van der Waals surface area contributed by atoms with Crippen LogP contribution in [0.25, 0.3) is 0 Å². The van der Waals surface area contributed by atoms with E-state index in [-0.39, 0.29) is 29.0 Å². The highest BCUT2D eigenvalue weighted by molar-refractivity contribution is 7.90. The molecule has 2 aromatic rings. The number of hydrogen-bond donors (Lipinski definition) is 1. The Labute approximate surface area is 315 Å². The van der Waals surface area contributed by atoms with Gasteiger partial charge in [0, 0.05) is 35.0 Å². The Kier molecular flexibility index (Phi) is 10.1. The Morgan fingerprint density at radius 3 is 2.46 bits per heavy atom. The summed E-state index contributed by atoms with van der Waals surface area (Å²) >= 11 is 6.51. The third-order valence-electron chi connectivity index (χ3n) is 13.9. The summed E-state index contributed by atoms with van der Waals surface area (Å²) in [6, 6.07) is 12.0. The van der Waals surface area contributed by atoms with E-state index >= 15 is 0 Å². The van der Waals surface area contributed by atoms with Gasteiger partial charge in [0.05, 0.1) is 36.8 Å². The number of aryl methyl sites for hydroxylation is 1. The molecule has 284 valence electrons. The van der Waals surface area contributed by atoms with Crippen LogP contribution in [0.4, 0.5) is 5.69 Å². The monoisotopic (exact) mass is 753 g/mol. The lowest BCUT2D eigenvalue weighted by atomic mass is 9.55. The maximum atomic E-state index is 13.7. The minimum atomic E-state index is -3.91. The van der Waals surface area contributed by atoms with Crippen molar-refractivity contribution in [3.63, 3.8) is 0 Å². The fourth-order valence-corrected chi connectivity index (χ4v) is 12.0. The molecular weight excluding hydrogens is 698 g/mol. The van der Waals surface area contributed by atoms with Gasteiger partial charge >= 0.3 is 0 Å². The number of benzene rings is 2. The Morgan fingerprint density at radius 2 is 1.71 bits per heavy atom. The molecule has 0 aromatic heterocycles. The molecule has 1 amide bonds. The van der Waals surface area contributed by atoms with Crippen molar-refractivity contribution < 1.29 is 27.4 Å². The van der Waals surface area contributed by atoms with Gasteiger partial charge < -0.3 is 19.1 Å². The van der Waals surface area contributed by atoms with Crippen molar-refractivity contribution in [3.05, 3.63) is 58.1 Å². The lowest BCUT2D eigenvalue weighted by Gasteiger charge is -2.55. The van der Waals surface area contributed by atoms with Crippen molar-refractivity contribution in [1.82, 2.24) is 9.62 Å². The van der Waals surface area contributed by atoms with Crippen LogP contribution >= 0.6 is 11.6 Å². The standard InChI is InChI=1S/C41H56ClN3O6S/c1-27-8-6-10-33(39-49-22-32(23-50-39)44-18-4-5-19-44)35-15-17-40(35,3)24-45-25-41(16-7-9-29-20-31(42)12-13-34(29)41)26-51-37-14-11-30(21-36(37)45)38(46)43-52(47,48)28(27)2/h11-14,20-21,27-28,32-33,35,39H,4-10,15-19,22-26H2,1-3H3,(H,43,46)/t27-,28+,32?,33+,35-,39?,40?,41-/m0/s1. The number of carbonyl (C=O) groups is 1. The number of hydrogen-bond acceptors (Lipinski definition) is 8. The largest absolute Gasteiger partial charge is 0.490 e. The first kappa shape index (κ1) is 36.6. The van der Waals surface area contributed by atoms with E-state index in [1.165, 1.54) is 24.0 Å². The minimum absolute atomic E-state index is 0.0267. The summed E-state index contributed by atoms with van der Waals surface area (Å²) in [4.78, 5) is 18.6. The molecule has 1 spiro atoms. The topological polar surface area (TPSA) is 97.4 Å². The quantitative estimate of drug-likeness (QED) is 0.352. The van der Waals surface area contributed by atoms with Crippen molar-refractivity contribution in [2.75, 3.05) is 50.9 Å². The van der Waals surface area contributed by atoms with Crippen LogP contribution in [0.3, 0.4) is 0 Å². The van der Waals surface area contributed by atoms with Crippen LogP contribution in [-0.2, 0) is 31.3 Å². The third kappa shape index (κ3) is 6.89. The summed E-state index contributed by atoms with van der Waals surface area (Å²) in [7, 11) is -3.91. The van der Waals surface area contributed by atoms with Crippen molar-refractivity contribution in [1.29, 1.82) is 0 Å². The Bertz CT molecular complexity index is 1760. The number of likely N-dealkylation sites (tertiary alicyclic amines) is 1. The molecule has 6 aliphatic rings. The average molecular weight is 754 g/mol. The normalized spacial score (nSPS) is 36.8. The van der Waals surface area contributed by atoms with Crippen LogP contribution in [0.5, 0.6) is 5.75 Å². The highest BCUT2D eigenvalue weighted by atomic mass is 35.5. The second-order valence-electron chi connectivity index (χ2n) is 17.2. The van der Waals surface area contributed by atoms with E-state index in [4.69, 9.17) is 25.8 Å². The number of halogens is 1. The van der Waals surface area contributed by atoms with E-state index in [0.29, 0.717) is 37.3 Å². The van der Waals surface area contributed by atoms with Crippen molar-refractivity contribution in [3.8, 4) is 5.75 Å². The van der Waals surface area contributed by atoms with Gasteiger partial charge in [-0.3, -0.25) is 9.69 Å². The molecule has 0 radical (unpaired) electrons. The van der Waals surface area contributed by atoms with Gasteiger partial charge in [-0.1, -0.05) is 37.9 Å². The number of ether oxygens (including phenoxy) is 3. The van der Waals surface area contributed by atoms with Crippen LogP contribution in [0.2, 0.25) is 5.02 Å². The zero-order valence-electron chi connectivity index (χ0n) is 31.1. The van der Waals surface area contributed by atoms with Crippen LogP contribution in [0.15, 0.2) is 36.4 Å². The highest BCUT2D eigenvalue weighted by Crippen LogP contribution is 2.55. The molecule has 4 aliphatic heterocycles. The van der Waals surface area contributed by atoms with Gasteiger partial charge in [0.2, 0.25) is 10.0 Å². The number of fused-ring (bicyclic) bond motifs is 4. The summed E-state index contributed by atoms with van der Waals surface area (Å²) in [6.07, 6.45) is 9.94. The highest BCUT2D eigenvalue weighted by Gasteiger charge is 2.52. The zero-order valence-corrected chi connectivity index (χ0v) is 32.7. The van der Waals surface area contributed by atoms with Crippen molar-refractivity contribution in [2.45, 2.75) is 108 Å². The van der Waals surface area contributed by atoms with Crippen LogP contribution in [0, 0.1) is 23.2 Å². The molecule has 11 heteroatoms. The number of nitrogens with zero attached hydrogens (tertiary/aromatic N) is 2. The van der Waals surface area contributed by atoms with Crippen LogP contribution in [-0.4, -0.2) is 82.8 Å². The number of sulfonamides is 1. The fourth-order valence-electron chi connectivity index (χ4n) is 10.5. The van der Waals surface area contributed by atoms with E-state index in [1.807, 2.05) is 25.1 Å².